The predicted octanol–water partition coefficient (Wildman–Crippen LogP) is 1.70. The lowest BCUT2D eigenvalue weighted by Gasteiger charge is -2.29. The first-order valence-corrected chi connectivity index (χ1v) is 6.16. The molecule has 0 aliphatic carbocycles. The van der Waals surface area contributed by atoms with Gasteiger partial charge in [-0.1, -0.05) is 30.3 Å². The molecular formula is C14H22N2O2. The zero-order valence-electron chi connectivity index (χ0n) is 11.3. The van der Waals surface area contributed by atoms with Gasteiger partial charge in [-0.15, -0.1) is 0 Å². The molecule has 0 saturated heterocycles. The van der Waals surface area contributed by atoms with E-state index in [1.54, 1.807) is 0 Å². The Morgan fingerprint density at radius 3 is 2.33 bits per heavy atom. The van der Waals surface area contributed by atoms with Crippen molar-refractivity contribution >= 4 is 5.97 Å². The summed E-state index contributed by atoms with van der Waals surface area (Å²) >= 11 is 0. The van der Waals surface area contributed by atoms with E-state index in [-0.39, 0.29) is 12.6 Å². The molecule has 100 valence electrons. The van der Waals surface area contributed by atoms with Gasteiger partial charge in [0.15, 0.2) is 0 Å². The van der Waals surface area contributed by atoms with Crippen LogP contribution < -0.4 is 0 Å². The normalized spacial score (nSPS) is 12.9. The van der Waals surface area contributed by atoms with Crippen molar-refractivity contribution in [1.29, 1.82) is 0 Å². The largest absolute Gasteiger partial charge is 0.480 e. The Morgan fingerprint density at radius 2 is 1.83 bits per heavy atom. The molecule has 1 rings (SSSR count). The SMILES string of the molecule is CC(c1ccccc1)N(CCN(C)C)CC(=O)O. The van der Waals surface area contributed by atoms with Crippen LogP contribution in [0.15, 0.2) is 30.3 Å². The number of carbonyl (C=O) groups is 1. The van der Waals surface area contributed by atoms with Crippen molar-refractivity contribution in [1.82, 2.24) is 9.80 Å². The average molecular weight is 250 g/mol. The molecule has 1 atom stereocenters. The Morgan fingerprint density at radius 1 is 1.22 bits per heavy atom. The standard InChI is InChI=1S/C14H22N2O2/c1-12(13-7-5-4-6-8-13)16(11-14(17)18)10-9-15(2)3/h4-8,12H,9-11H2,1-3H3,(H,17,18). The van der Waals surface area contributed by atoms with Gasteiger partial charge in [0.25, 0.3) is 0 Å². The van der Waals surface area contributed by atoms with E-state index in [2.05, 4.69) is 4.90 Å². The summed E-state index contributed by atoms with van der Waals surface area (Å²) in [6, 6.07) is 10.1. The average Bonchev–Trinajstić information content (AvgIpc) is 2.34. The molecule has 4 nitrogen and oxygen atoms in total. The highest BCUT2D eigenvalue weighted by Gasteiger charge is 2.18. The van der Waals surface area contributed by atoms with Crippen LogP contribution in [0.25, 0.3) is 0 Å². The summed E-state index contributed by atoms with van der Waals surface area (Å²) in [6.07, 6.45) is 0. The summed E-state index contributed by atoms with van der Waals surface area (Å²) in [5, 5.41) is 8.99. The van der Waals surface area contributed by atoms with E-state index in [1.165, 1.54) is 0 Å². The Labute approximate surface area is 109 Å². The quantitative estimate of drug-likeness (QED) is 0.800. The van der Waals surface area contributed by atoms with Crippen LogP contribution in [0.3, 0.4) is 0 Å². The minimum Gasteiger partial charge on any atom is -0.480 e. The number of rotatable bonds is 7. The van der Waals surface area contributed by atoms with Gasteiger partial charge in [-0.05, 0) is 26.6 Å². The van der Waals surface area contributed by atoms with E-state index >= 15 is 0 Å². The molecule has 0 saturated carbocycles. The summed E-state index contributed by atoms with van der Waals surface area (Å²) in [7, 11) is 3.98. The molecule has 1 aromatic rings. The van der Waals surface area contributed by atoms with Gasteiger partial charge in [-0.2, -0.15) is 0 Å². The molecule has 0 spiro atoms. The van der Waals surface area contributed by atoms with Crippen molar-refractivity contribution in [3.05, 3.63) is 35.9 Å². The maximum atomic E-state index is 10.9. The van der Waals surface area contributed by atoms with E-state index in [0.717, 1.165) is 18.7 Å². The van der Waals surface area contributed by atoms with Crippen LogP contribution in [0.2, 0.25) is 0 Å². The van der Waals surface area contributed by atoms with Crippen LogP contribution >= 0.6 is 0 Å². The Balaban J connectivity index is 2.72. The highest BCUT2D eigenvalue weighted by atomic mass is 16.4. The van der Waals surface area contributed by atoms with Crippen molar-refractivity contribution < 1.29 is 9.90 Å². The number of hydrogen-bond acceptors (Lipinski definition) is 3. The number of carboxylic acid groups (broad SMARTS) is 1. The summed E-state index contributed by atoms with van der Waals surface area (Å²) in [6.45, 7) is 3.72. The fourth-order valence-electron chi connectivity index (χ4n) is 1.85. The molecule has 4 heteroatoms. The van der Waals surface area contributed by atoms with E-state index < -0.39 is 5.97 Å². The monoisotopic (exact) mass is 250 g/mol. The van der Waals surface area contributed by atoms with Crippen LogP contribution in [-0.4, -0.2) is 54.6 Å². The van der Waals surface area contributed by atoms with Crippen molar-refractivity contribution in [3.63, 3.8) is 0 Å². The number of hydrogen-bond donors (Lipinski definition) is 1. The summed E-state index contributed by atoms with van der Waals surface area (Å²) < 4.78 is 0. The zero-order valence-corrected chi connectivity index (χ0v) is 11.3. The molecule has 0 heterocycles. The molecular weight excluding hydrogens is 228 g/mol. The first kappa shape index (κ1) is 14.7. The number of aliphatic carboxylic acids is 1. The number of carboxylic acids is 1. The fourth-order valence-corrected chi connectivity index (χ4v) is 1.85. The van der Waals surface area contributed by atoms with E-state index in [9.17, 15) is 4.79 Å². The number of nitrogens with zero attached hydrogens (tertiary/aromatic N) is 2. The van der Waals surface area contributed by atoms with E-state index in [1.807, 2.05) is 56.3 Å². The lowest BCUT2D eigenvalue weighted by molar-refractivity contribution is -0.138. The van der Waals surface area contributed by atoms with Crippen molar-refractivity contribution in [2.24, 2.45) is 0 Å². The third-order valence-corrected chi connectivity index (χ3v) is 3.00. The van der Waals surface area contributed by atoms with E-state index in [4.69, 9.17) is 5.11 Å². The second-order valence-corrected chi connectivity index (χ2v) is 4.75. The lowest BCUT2D eigenvalue weighted by atomic mass is 10.1. The van der Waals surface area contributed by atoms with Crippen LogP contribution in [0.1, 0.15) is 18.5 Å². The molecule has 0 aromatic heterocycles. The van der Waals surface area contributed by atoms with Crippen LogP contribution in [0, 0.1) is 0 Å². The Kier molecular flexibility index (Phi) is 5.82. The second kappa shape index (κ2) is 7.13. The minimum atomic E-state index is -0.781. The maximum absolute atomic E-state index is 10.9. The third kappa shape index (κ3) is 4.85. The van der Waals surface area contributed by atoms with Gasteiger partial charge in [-0.25, -0.2) is 0 Å². The number of benzene rings is 1. The smallest absolute Gasteiger partial charge is 0.317 e. The molecule has 1 aromatic carbocycles. The van der Waals surface area contributed by atoms with Gasteiger partial charge >= 0.3 is 5.97 Å². The molecule has 0 bridgehead atoms. The third-order valence-electron chi connectivity index (χ3n) is 3.00. The van der Waals surface area contributed by atoms with E-state index in [0.29, 0.717) is 0 Å². The first-order chi connectivity index (χ1) is 8.50. The second-order valence-electron chi connectivity index (χ2n) is 4.75. The maximum Gasteiger partial charge on any atom is 0.317 e. The molecule has 1 N–H and O–H groups in total. The highest BCUT2D eigenvalue weighted by molar-refractivity contribution is 5.69. The minimum absolute atomic E-state index is 0.0733. The fraction of sp³-hybridized carbons (Fsp3) is 0.500. The van der Waals surface area contributed by atoms with Gasteiger partial charge in [0.2, 0.25) is 0 Å². The molecule has 0 aliphatic heterocycles. The Bertz CT molecular complexity index is 365. The molecule has 18 heavy (non-hydrogen) atoms. The summed E-state index contributed by atoms with van der Waals surface area (Å²) in [4.78, 5) is 15.0. The predicted molar refractivity (Wildman–Crippen MR) is 72.6 cm³/mol. The van der Waals surface area contributed by atoms with Crippen molar-refractivity contribution in [2.75, 3.05) is 33.7 Å². The topological polar surface area (TPSA) is 43.8 Å². The highest BCUT2D eigenvalue weighted by Crippen LogP contribution is 2.19. The molecule has 0 aliphatic rings. The molecule has 0 radical (unpaired) electrons. The first-order valence-electron chi connectivity index (χ1n) is 6.16. The van der Waals surface area contributed by atoms with Gasteiger partial charge in [-0.3, -0.25) is 9.69 Å². The molecule has 0 amide bonds. The van der Waals surface area contributed by atoms with Gasteiger partial charge in [0, 0.05) is 19.1 Å². The summed E-state index contributed by atoms with van der Waals surface area (Å²) in [5.74, 6) is -0.781. The van der Waals surface area contributed by atoms with Crippen molar-refractivity contribution in [3.8, 4) is 0 Å². The van der Waals surface area contributed by atoms with Crippen LogP contribution in [0.5, 0.6) is 0 Å². The summed E-state index contributed by atoms with van der Waals surface area (Å²) in [5.41, 5.74) is 1.15. The van der Waals surface area contributed by atoms with Crippen LogP contribution in [0.4, 0.5) is 0 Å². The lowest BCUT2D eigenvalue weighted by Crippen LogP contribution is -2.37. The van der Waals surface area contributed by atoms with Gasteiger partial charge < -0.3 is 10.0 Å². The molecule has 1 unspecified atom stereocenters. The van der Waals surface area contributed by atoms with Gasteiger partial charge in [0.1, 0.15) is 0 Å². The zero-order chi connectivity index (χ0) is 13.5. The molecule has 0 fully saturated rings. The van der Waals surface area contributed by atoms with Crippen LogP contribution in [-0.2, 0) is 4.79 Å². The van der Waals surface area contributed by atoms with Crippen molar-refractivity contribution in [2.45, 2.75) is 13.0 Å². The Hall–Kier alpha value is -1.39. The number of likely N-dealkylation sites (N-methyl/N-ethyl adjacent to an activating group) is 1. The van der Waals surface area contributed by atoms with Gasteiger partial charge in [0.05, 0.1) is 6.54 Å².